The number of rotatable bonds is 7. The summed E-state index contributed by atoms with van der Waals surface area (Å²) in [6.45, 7) is 0.957. The second-order valence-corrected chi connectivity index (χ2v) is 8.30. The Morgan fingerprint density at radius 1 is 1.06 bits per heavy atom. The topological polar surface area (TPSA) is 55.2 Å². The Morgan fingerprint density at radius 3 is 2.58 bits per heavy atom. The SMILES string of the molecule is O=C(CCCn1cnc2ccccc2c1=O)N(Cc1ccc(F)cc1)C1CCCCC1. The number of benzene rings is 2. The van der Waals surface area contributed by atoms with Gasteiger partial charge in [-0.05, 0) is 49.1 Å². The van der Waals surface area contributed by atoms with Crippen molar-refractivity contribution in [2.24, 2.45) is 0 Å². The van der Waals surface area contributed by atoms with Gasteiger partial charge in [-0.1, -0.05) is 43.5 Å². The Morgan fingerprint density at radius 2 is 1.81 bits per heavy atom. The molecule has 1 saturated carbocycles. The van der Waals surface area contributed by atoms with Crippen LogP contribution in [-0.2, 0) is 17.9 Å². The summed E-state index contributed by atoms with van der Waals surface area (Å²) in [5.74, 6) is -0.174. The number of carbonyl (C=O) groups excluding carboxylic acids is 1. The van der Waals surface area contributed by atoms with Crippen LogP contribution in [-0.4, -0.2) is 26.4 Å². The molecule has 0 aliphatic heterocycles. The molecule has 5 nitrogen and oxygen atoms in total. The minimum absolute atomic E-state index is 0.0755. The summed E-state index contributed by atoms with van der Waals surface area (Å²) in [4.78, 5) is 32.1. The Labute approximate surface area is 181 Å². The van der Waals surface area contributed by atoms with E-state index in [2.05, 4.69) is 4.98 Å². The lowest BCUT2D eigenvalue weighted by molar-refractivity contribution is -0.135. The van der Waals surface area contributed by atoms with Crippen molar-refractivity contribution in [3.63, 3.8) is 0 Å². The molecule has 1 heterocycles. The fraction of sp³-hybridized carbons (Fsp3) is 0.400. The van der Waals surface area contributed by atoms with Crippen molar-refractivity contribution in [2.45, 2.75) is 64.1 Å². The quantitative estimate of drug-likeness (QED) is 0.557. The molecule has 0 atom stereocenters. The zero-order valence-electron chi connectivity index (χ0n) is 17.7. The van der Waals surface area contributed by atoms with Crippen LogP contribution in [0.5, 0.6) is 0 Å². The number of hydrogen-bond acceptors (Lipinski definition) is 3. The molecule has 162 valence electrons. The van der Waals surface area contributed by atoms with Crippen LogP contribution in [0.2, 0.25) is 0 Å². The summed E-state index contributed by atoms with van der Waals surface area (Å²) < 4.78 is 14.9. The van der Waals surface area contributed by atoms with E-state index in [0.717, 1.165) is 31.2 Å². The average Bonchev–Trinajstić information content (AvgIpc) is 2.81. The molecule has 1 fully saturated rings. The first-order valence-electron chi connectivity index (χ1n) is 11.1. The van der Waals surface area contributed by atoms with Crippen LogP contribution in [0.4, 0.5) is 4.39 Å². The minimum atomic E-state index is -0.270. The maximum Gasteiger partial charge on any atom is 0.261 e. The zero-order valence-corrected chi connectivity index (χ0v) is 17.7. The van der Waals surface area contributed by atoms with E-state index in [0.29, 0.717) is 36.8 Å². The molecular weight excluding hydrogens is 393 g/mol. The summed E-state index contributed by atoms with van der Waals surface area (Å²) in [7, 11) is 0. The van der Waals surface area contributed by atoms with Crippen molar-refractivity contribution in [1.82, 2.24) is 14.5 Å². The minimum Gasteiger partial charge on any atom is -0.335 e. The number of aromatic nitrogens is 2. The van der Waals surface area contributed by atoms with Gasteiger partial charge < -0.3 is 4.90 Å². The largest absolute Gasteiger partial charge is 0.335 e. The highest BCUT2D eigenvalue weighted by Crippen LogP contribution is 2.25. The lowest BCUT2D eigenvalue weighted by Gasteiger charge is -2.34. The van der Waals surface area contributed by atoms with Crippen molar-refractivity contribution < 1.29 is 9.18 Å². The molecule has 1 aliphatic carbocycles. The summed E-state index contributed by atoms with van der Waals surface area (Å²) in [5, 5.41) is 0.594. The van der Waals surface area contributed by atoms with Gasteiger partial charge in [0.25, 0.3) is 5.56 Å². The van der Waals surface area contributed by atoms with Gasteiger partial charge in [-0.15, -0.1) is 0 Å². The normalized spacial score (nSPS) is 14.6. The van der Waals surface area contributed by atoms with Crippen LogP contribution in [0.1, 0.15) is 50.5 Å². The molecule has 4 rings (SSSR count). The van der Waals surface area contributed by atoms with E-state index in [9.17, 15) is 14.0 Å². The average molecular weight is 422 g/mol. The van der Waals surface area contributed by atoms with Crippen molar-refractivity contribution in [3.05, 3.63) is 76.6 Å². The van der Waals surface area contributed by atoms with Crippen molar-refractivity contribution in [2.75, 3.05) is 0 Å². The van der Waals surface area contributed by atoms with Gasteiger partial charge in [0.05, 0.1) is 17.2 Å². The lowest BCUT2D eigenvalue weighted by atomic mass is 9.93. The number of para-hydroxylation sites is 1. The smallest absolute Gasteiger partial charge is 0.261 e. The van der Waals surface area contributed by atoms with Crippen LogP contribution < -0.4 is 5.56 Å². The first-order chi connectivity index (χ1) is 15.1. The van der Waals surface area contributed by atoms with Gasteiger partial charge in [-0.25, -0.2) is 9.37 Å². The van der Waals surface area contributed by atoms with Crippen LogP contribution in [0.3, 0.4) is 0 Å². The van der Waals surface area contributed by atoms with E-state index in [1.807, 2.05) is 23.1 Å². The van der Waals surface area contributed by atoms with Gasteiger partial charge in [-0.2, -0.15) is 0 Å². The first kappa shape index (κ1) is 21.2. The molecule has 31 heavy (non-hydrogen) atoms. The molecule has 0 N–H and O–H groups in total. The van der Waals surface area contributed by atoms with Gasteiger partial charge in [-0.3, -0.25) is 14.2 Å². The molecule has 0 unspecified atom stereocenters. The Balaban J connectivity index is 1.42. The Hall–Kier alpha value is -3.02. The molecule has 0 bridgehead atoms. The molecule has 3 aromatic rings. The third-order valence-electron chi connectivity index (χ3n) is 6.12. The van der Waals surface area contributed by atoms with Gasteiger partial charge in [0.15, 0.2) is 0 Å². The summed E-state index contributed by atoms with van der Waals surface area (Å²) in [6, 6.07) is 13.9. The third-order valence-corrected chi connectivity index (χ3v) is 6.12. The fourth-order valence-corrected chi connectivity index (χ4v) is 4.41. The van der Waals surface area contributed by atoms with Crippen molar-refractivity contribution in [3.8, 4) is 0 Å². The molecular formula is C25H28FN3O2. The highest BCUT2D eigenvalue weighted by atomic mass is 19.1. The van der Waals surface area contributed by atoms with Crippen LogP contribution in [0.25, 0.3) is 10.9 Å². The van der Waals surface area contributed by atoms with Gasteiger partial charge in [0.1, 0.15) is 5.82 Å². The van der Waals surface area contributed by atoms with E-state index in [1.165, 1.54) is 18.6 Å². The summed E-state index contributed by atoms with van der Waals surface area (Å²) in [5.41, 5.74) is 1.55. The molecule has 6 heteroatoms. The van der Waals surface area contributed by atoms with Gasteiger partial charge in [0, 0.05) is 25.6 Å². The number of hydrogen-bond donors (Lipinski definition) is 0. The van der Waals surface area contributed by atoms with E-state index in [1.54, 1.807) is 29.1 Å². The van der Waals surface area contributed by atoms with E-state index < -0.39 is 0 Å². The second-order valence-electron chi connectivity index (χ2n) is 8.30. The molecule has 1 aromatic heterocycles. The first-order valence-corrected chi connectivity index (χ1v) is 11.1. The fourth-order valence-electron chi connectivity index (χ4n) is 4.41. The van der Waals surface area contributed by atoms with E-state index in [-0.39, 0.29) is 23.3 Å². The highest BCUT2D eigenvalue weighted by Gasteiger charge is 2.25. The standard InChI is InChI=1S/C25H28FN3O2/c26-20-14-12-19(13-15-20)17-29(21-7-2-1-3-8-21)24(30)11-6-16-28-18-27-23-10-5-4-9-22(23)25(28)31/h4-5,9-10,12-15,18,21H,1-3,6-8,11,16-17H2. The predicted octanol–water partition coefficient (Wildman–Crippen LogP) is 4.68. The zero-order chi connectivity index (χ0) is 21.6. The molecule has 1 amide bonds. The molecule has 0 saturated heterocycles. The van der Waals surface area contributed by atoms with Gasteiger partial charge >= 0.3 is 0 Å². The molecule has 2 aromatic carbocycles. The summed E-state index contributed by atoms with van der Waals surface area (Å²) in [6.07, 6.45) is 8.02. The third kappa shape index (κ3) is 5.19. The van der Waals surface area contributed by atoms with Crippen molar-refractivity contribution in [1.29, 1.82) is 0 Å². The van der Waals surface area contributed by atoms with Crippen LogP contribution >= 0.6 is 0 Å². The molecule has 0 radical (unpaired) electrons. The van der Waals surface area contributed by atoms with Gasteiger partial charge in [0.2, 0.25) is 5.91 Å². The maximum absolute atomic E-state index is 13.3. The maximum atomic E-state index is 13.3. The predicted molar refractivity (Wildman–Crippen MR) is 119 cm³/mol. The number of nitrogens with zero attached hydrogens (tertiary/aromatic N) is 3. The van der Waals surface area contributed by atoms with Crippen molar-refractivity contribution >= 4 is 16.8 Å². The van der Waals surface area contributed by atoms with Crippen LogP contribution in [0.15, 0.2) is 59.7 Å². The second kappa shape index (κ2) is 9.86. The lowest BCUT2D eigenvalue weighted by Crippen LogP contribution is -2.41. The molecule has 0 spiro atoms. The summed E-state index contributed by atoms with van der Waals surface area (Å²) >= 11 is 0. The molecule has 1 aliphatic rings. The van der Waals surface area contributed by atoms with Crippen LogP contribution in [0, 0.1) is 5.82 Å². The van der Waals surface area contributed by atoms with E-state index in [4.69, 9.17) is 0 Å². The number of fused-ring (bicyclic) bond motifs is 1. The number of aryl methyl sites for hydroxylation is 1. The Kier molecular flexibility index (Phi) is 6.75. The monoisotopic (exact) mass is 421 g/mol. The number of carbonyl (C=O) groups is 1. The number of halogens is 1. The Bertz CT molecular complexity index is 1090. The van der Waals surface area contributed by atoms with E-state index >= 15 is 0 Å². The number of amides is 1. The highest BCUT2D eigenvalue weighted by molar-refractivity contribution is 5.77.